The lowest BCUT2D eigenvalue weighted by molar-refractivity contribution is 0.0122. The van der Waals surface area contributed by atoms with E-state index < -0.39 is 17.5 Å². The van der Waals surface area contributed by atoms with Gasteiger partial charge in [-0.05, 0) is 75.9 Å². The van der Waals surface area contributed by atoms with Crippen LogP contribution in [-0.4, -0.2) is 106 Å². The number of rotatable bonds is 11. The standard InChI is InChI=1S/C37H45ClFN5O5/c1-37(2,3)49-36(47)44-24-13-14-25(44)21-43(20-24)34-29-19-30(38)31(28-12-7-10-23-9-5-6-11-27(23)28)32(39)33(29)40-35(41-34)48-18-8-16-42(4)17-15-26(46)22-45/h5-7,9-12,19,24-26,45-46H,8,13-18,20-22H2,1-4H3. The third-order valence-electron chi connectivity index (χ3n) is 9.26. The van der Waals surface area contributed by atoms with E-state index in [4.69, 9.17) is 31.2 Å². The van der Waals surface area contributed by atoms with E-state index >= 15 is 4.39 Å². The highest BCUT2D eigenvalue weighted by molar-refractivity contribution is 6.35. The Labute approximate surface area is 291 Å². The molecule has 3 heterocycles. The highest BCUT2D eigenvalue weighted by atomic mass is 35.5. The molecule has 2 fully saturated rings. The quantitative estimate of drug-likeness (QED) is 0.176. The molecule has 3 unspecified atom stereocenters. The van der Waals surface area contributed by atoms with Crippen molar-refractivity contribution in [1.82, 2.24) is 19.8 Å². The summed E-state index contributed by atoms with van der Waals surface area (Å²) in [6.45, 7) is 7.92. The van der Waals surface area contributed by atoms with Crippen molar-refractivity contribution in [3.05, 3.63) is 59.4 Å². The molecule has 2 N–H and O–H groups in total. The van der Waals surface area contributed by atoms with Crippen LogP contribution in [0.25, 0.3) is 32.8 Å². The highest BCUT2D eigenvalue weighted by Crippen LogP contribution is 2.42. The van der Waals surface area contributed by atoms with Crippen molar-refractivity contribution in [2.75, 3.05) is 51.3 Å². The van der Waals surface area contributed by atoms with Gasteiger partial charge in [-0.15, -0.1) is 0 Å². The molecule has 2 bridgehead atoms. The summed E-state index contributed by atoms with van der Waals surface area (Å²) in [5, 5.41) is 21.3. The van der Waals surface area contributed by atoms with E-state index in [1.165, 1.54) is 0 Å². The molecule has 3 atom stereocenters. The maximum Gasteiger partial charge on any atom is 0.410 e. The summed E-state index contributed by atoms with van der Waals surface area (Å²) in [4.78, 5) is 28.6. The molecule has 4 aromatic rings. The Hall–Kier alpha value is -3.77. The van der Waals surface area contributed by atoms with Gasteiger partial charge in [-0.2, -0.15) is 9.97 Å². The smallest absolute Gasteiger partial charge is 0.410 e. The molecule has 0 aliphatic carbocycles. The largest absolute Gasteiger partial charge is 0.463 e. The zero-order chi connectivity index (χ0) is 34.9. The van der Waals surface area contributed by atoms with E-state index in [9.17, 15) is 9.90 Å². The molecule has 6 rings (SSSR count). The van der Waals surface area contributed by atoms with Gasteiger partial charge in [0.2, 0.25) is 0 Å². The van der Waals surface area contributed by atoms with Gasteiger partial charge in [0, 0.05) is 37.1 Å². The average molecular weight is 694 g/mol. The fourth-order valence-electron chi connectivity index (χ4n) is 6.91. The van der Waals surface area contributed by atoms with Gasteiger partial charge in [0.1, 0.15) is 16.9 Å². The molecule has 2 aliphatic rings. The normalized spacial score (nSPS) is 18.5. The van der Waals surface area contributed by atoms with Gasteiger partial charge in [-0.25, -0.2) is 9.18 Å². The van der Waals surface area contributed by atoms with Crippen LogP contribution in [0.2, 0.25) is 5.02 Å². The molecule has 3 aromatic carbocycles. The number of amides is 1. The number of fused-ring (bicyclic) bond motifs is 4. The van der Waals surface area contributed by atoms with Gasteiger partial charge >= 0.3 is 12.1 Å². The van der Waals surface area contributed by atoms with Crippen LogP contribution in [0.1, 0.15) is 46.5 Å². The second kappa shape index (κ2) is 14.6. The van der Waals surface area contributed by atoms with Crippen LogP contribution in [-0.2, 0) is 4.74 Å². The minimum Gasteiger partial charge on any atom is -0.463 e. The number of ether oxygens (including phenoxy) is 2. The van der Waals surface area contributed by atoms with Crippen LogP contribution in [0.15, 0.2) is 48.5 Å². The number of halogens is 2. The van der Waals surface area contributed by atoms with Crippen LogP contribution in [0, 0.1) is 5.82 Å². The second-order valence-electron chi connectivity index (χ2n) is 14.1. The molecule has 0 saturated carbocycles. The molecule has 0 spiro atoms. The minimum atomic E-state index is -0.744. The topological polar surface area (TPSA) is 111 Å². The van der Waals surface area contributed by atoms with Crippen molar-refractivity contribution in [3.63, 3.8) is 0 Å². The third-order valence-corrected chi connectivity index (χ3v) is 9.56. The number of hydrogen-bond donors (Lipinski definition) is 2. The average Bonchev–Trinajstić information content (AvgIpc) is 3.34. The molecule has 1 amide bonds. The third kappa shape index (κ3) is 7.70. The van der Waals surface area contributed by atoms with Crippen molar-refractivity contribution in [2.45, 2.75) is 70.2 Å². The Morgan fingerprint density at radius 1 is 1.08 bits per heavy atom. The first-order valence-electron chi connectivity index (χ1n) is 17.0. The van der Waals surface area contributed by atoms with Crippen LogP contribution >= 0.6 is 11.6 Å². The van der Waals surface area contributed by atoms with E-state index in [0.29, 0.717) is 62.4 Å². The lowest BCUT2D eigenvalue weighted by Gasteiger charge is -2.42. The lowest BCUT2D eigenvalue weighted by Crippen LogP contribution is -2.57. The molecule has 262 valence electrons. The SMILES string of the molecule is CN(CCCOc1nc(N2CC3CCC(C2)N3C(=O)OC(C)(C)C)c2cc(Cl)c(-c3cccc4ccccc34)c(F)c2n1)CCC(O)CO. The van der Waals surface area contributed by atoms with Gasteiger partial charge < -0.3 is 29.5 Å². The number of aliphatic hydroxyl groups is 2. The van der Waals surface area contributed by atoms with E-state index in [1.54, 1.807) is 6.07 Å². The highest BCUT2D eigenvalue weighted by Gasteiger charge is 2.45. The molecule has 12 heteroatoms. The maximum atomic E-state index is 16.9. The summed E-state index contributed by atoms with van der Waals surface area (Å²) in [6.07, 6.45) is 1.71. The molecule has 2 saturated heterocycles. The zero-order valence-electron chi connectivity index (χ0n) is 28.5. The fraction of sp³-hybridized carbons (Fsp3) is 0.486. The van der Waals surface area contributed by atoms with Crippen LogP contribution in [0.3, 0.4) is 0 Å². The number of benzene rings is 3. The van der Waals surface area contributed by atoms with Crippen LogP contribution < -0.4 is 9.64 Å². The molecule has 2 aliphatic heterocycles. The predicted octanol–water partition coefficient (Wildman–Crippen LogP) is 6.27. The van der Waals surface area contributed by atoms with Gasteiger partial charge in [0.05, 0.1) is 36.4 Å². The number of carbonyl (C=O) groups is 1. The monoisotopic (exact) mass is 693 g/mol. The van der Waals surface area contributed by atoms with Gasteiger partial charge in [0.25, 0.3) is 0 Å². The number of aromatic nitrogens is 2. The Morgan fingerprint density at radius 3 is 2.51 bits per heavy atom. The Bertz CT molecular complexity index is 1800. The molecule has 1 aromatic heterocycles. The van der Waals surface area contributed by atoms with E-state index in [2.05, 4.69) is 9.88 Å². The number of nitrogens with zero attached hydrogens (tertiary/aromatic N) is 5. The van der Waals surface area contributed by atoms with Gasteiger partial charge in [0.15, 0.2) is 5.82 Å². The number of carbonyl (C=O) groups excluding carboxylic acids is 1. The first kappa shape index (κ1) is 35.1. The van der Waals surface area contributed by atoms with Crippen molar-refractivity contribution < 1.29 is 28.9 Å². The summed E-state index contributed by atoms with van der Waals surface area (Å²) in [7, 11) is 1.94. The Kier molecular flexibility index (Phi) is 10.5. The van der Waals surface area contributed by atoms with E-state index in [0.717, 1.165) is 23.6 Å². The number of hydrogen-bond acceptors (Lipinski definition) is 9. The lowest BCUT2D eigenvalue weighted by atomic mass is 9.96. The summed E-state index contributed by atoms with van der Waals surface area (Å²) in [6, 6.07) is 15.2. The van der Waals surface area contributed by atoms with Crippen LogP contribution in [0.4, 0.5) is 15.0 Å². The number of piperazine rings is 1. The van der Waals surface area contributed by atoms with Gasteiger partial charge in [-0.1, -0.05) is 54.1 Å². The summed E-state index contributed by atoms with van der Waals surface area (Å²) < 4.78 is 28.7. The number of anilines is 1. The first-order chi connectivity index (χ1) is 23.4. The summed E-state index contributed by atoms with van der Waals surface area (Å²) in [5.74, 6) is -0.0361. The second-order valence-corrected chi connectivity index (χ2v) is 14.5. The van der Waals surface area contributed by atoms with Gasteiger partial charge in [-0.3, -0.25) is 4.90 Å². The molecule has 0 radical (unpaired) electrons. The molecular formula is C37H45ClFN5O5. The molecule has 49 heavy (non-hydrogen) atoms. The maximum absolute atomic E-state index is 16.9. The molecule has 10 nitrogen and oxygen atoms in total. The summed E-state index contributed by atoms with van der Waals surface area (Å²) >= 11 is 6.93. The van der Waals surface area contributed by atoms with E-state index in [-0.39, 0.29) is 46.9 Å². The predicted molar refractivity (Wildman–Crippen MR) is 190 cm³/mol. The van der Waals surface area contributed by atoms with E-state index in [1.807, 2.05) is 80.1 Å². The fourth-order valence-corrected chi connectivity index (χ4v) is 7.21. The van der Waals surface area contributed by atoms with Crippen molar-refractivity contribution in [3.8, 4) is 17.1 Å². The summed E-state index contributed by atoms with van der Waals surface area (Å²) in [5.41, 5.74) is 0.449. The Balaban J connectivity index is 1.33. The van der Waals surface area contributed by atoms with Crippen molar-refractivity contribution >= 4 is 45.2 Å². The zero-order valence-corrected chi connectivity index (χ0v) is 29.3. The van der Waals surface area contributed by atoms with Crippen LogP contribution in [0.5, 0.6) is 6.01 Å². The molecular weight excluding hydrogens is 649 g/mol. The first-order valence-corrected chi connectivity index (χ1v) is 17.4. The number of aliphatic hydroxyl groups excluding tert-OH is 2. The van der Waals surface area contributed by atoms with Crippen molar-refractivity contribution in [1.29, 1.82) is 0 Å². The van der Waals surface area contributed by atoms with Crippen molar-refractivity contribution in [2.24, 2.45) is 0 Å². The minimum absolute atomic E-state index is 0.0628. The Morgan fingerprint density at radius 2 is 1.80 bits per heavy atom.